The lowest BCUT2D eigenvalue weighted by Crippen LogP contribution is -2.01. The van der Waals surface area contributed by atoms with Gasteiger partial charge in [-0.1, -0.05) is 0 Å². The van der Waals surface area contributed by atoms with Gasteiger partial charge in [0.15, 0.2) is 5.70 Å². The van der Waals surface area contributed by atoms with Gasteiger partial charge in [0.2, 0.25) is 5.90 Å². The van der Waals surface area contributed by atoms with E-state index in [0.717, 1.165) is 11.3 Å². The van der Waals surface area contributed by atoms with Crippen molar-refractivity contribution in [3.63, 3.8) is 0 Å². The van der Waals surface area contributed by atoms with Crippen molar-refractivity contribution in [2.24, 2.45) is 12.0 Å². The lowest BCUT2D eigenvalue weighted by molar-refractivity contribution is -0.384. The molecule has 24 heavy (non-hydrogen) atoms. The molecule has 1 aliphatic heterocycles. The van der Waals surface area contributed by atoms with Gasteiger partial charge >= 0.3 is 5.97 Å². The van der Waals surface area contributed by atoms with Crippen molar-refractivity contribution in [1.82, 2.24) is 4.57 Å². The molecule has 120 valence electrons. The number of hydrogen-bond acceptors (Lipinski definition) is 5. The Bertz CT molecular complexity index is 889. The Morgan fingerprint density at radius 1 is 1.21 bits per heavy atom. The molecule has 7 nitrogen and oxygen atoms in total. The van der Waals surface area contributed by atoms with Crippen molar-refractivity contribution < 1.29 is 14.5 Å². The molecule has 1 aliphatic rings. The van der Waals surface area contributed by atoms with E-state index in [4.69, 9.17) is 4.74 Å². The number of nitrogens with zero attached hydrogens (tertiary/aromatic N) is 3. The number of esters is 1. The molecule has 0 aliphatic carbocycles. The monoisotopic (exact) mass is 323 g/mol. The van der Waals surface area contributed by atoms with Gasteiger partial charge < -0.3 is 9.30 Å². The highest BCUT2D eigenvalue weighted by molar-refractivity contribution is 6.11. The highest BCUT2D eigenvalue weighted by Gasteiger charge is 2.21. The van der Waals surface area contributed by atoms with Crippen molar-refractivity contribution in [1.29, 1.82) is 0 Å². The largest absolute Gasteiger partial charge is 0.403 e. The van der Waals surface area contributed by atoms with Crippen molar-refractivity contribution in [2.75, 3.05) is 0 Å². The standard InChI is InChI=1S/C17H13N3O4/c1-19-10-2-3-14(19)11-15-17(21)24-16(18-15)9-6-12-4-7-13(8-5-12)20(22)23/h2-11H,1H3/b9-6+,15-11+. The van der Waals surface area contributed by atoms with Crippen LogP contribution in [0.15, 0.2) is 59.4 Å². The molecule has 0 N–H and O–H groups in total. The van der Waals surface area contributed by atoms with Gasteiger partial charge in [0.1, 0.15) is 0 Å². The summed E-state index contributed by atoms with van der Waals surface area (Å²) in [5, 5.41) is 10.6. The summed E-state index contributed by atoms with van der Waals surface area (Å²) in [6.07, 6.45) is 6.73. The van der Waals surface area contributed by atoms with E-state index in [-0.39, 0.29) is 17.3 Å². The van der Waals surface area contributed by atoms with Crippen molar-refractivity contribution >= 4 is 29.7 Å². The number of non-ortho nitro benzene ring substituents is 1. The molecule has 0 amide bonds. The quantitative estimate of drug-likeness (QED) is 0.374. The zero-order chi connectivity index (χ0) is 17.1. The number of benzene rings is 1. The Hall–Kier alpha value is -3.48. The van der Waals surface area contributed by atoms with E-state index in [0.29, 0.717) is 0 Å². The predicted molar refractivity (Wildman–Crippen MR) is 89.0 cm³/mol. The first-order valence-electron chi connectivity index (χ1n) is 7.09. The maximum Gasteiger partial charge on any atom is 0.363 e. The molecular formula is C17H13N3O4. The Kier molecular flexibility index (Phi) is 4.07. The maximum absolute atomic E-state index is 11.8. The van der Waals surface area contributed by atoms with Crippen molar-refractivity contribution in [3.05, 3.63) is 75.7 Å². The molecule has 1 aromatic heterocycles. The lowest BCUT2D eigenvalue weighted by Gasteiger charge is -1.95. The van der Waals surface area contributed by atoms with Crippen LogP contribution in [0.1, 0.15) is 11.3 Å². The van der Waals surface area contributed by atoms with Gasteiger partial charge in [0.05, 0.1) is 4.92 Å². The van der Waals surface area contributed by atoms with Gasteiger partial charge in [0.25, 0.3) is 5.69 Å². The van der Waals surface area contributed by atoms with E-state index in [1.165, 1.54) is 12.1 Å². The third-order valence-electron chi connectivity index (χ3n) is 3.43. The molecule has 2 aromatic rings. The SMILES string of the molecule is Cn1cccc1/C=C1N=C(/C=C/c2ccc([N+](=O)[O-])cc2)OC/1=O. The highest BCUT2D eigenvalue weighted by Crippen LogP contribution is 2.17. The van der Waals surface area contributed by atoms with Crippen LogP contribution in [0, 0.1) is 10.1 Å². The Morgan fingerprint density at radius 3 is 2.58 bits per heavy atom. The maximum atomic E-state index is 11.8. The number of carbonyl (C=O) groups excluding carboxylic acids is 1. The summed E-state index contributed by atoms with van der Waals surface area (Å²) in [6.45, 7) is 0. The second-order valence-corrected chi connectivity index (χ2v) is 5.10. The van der Waals surface area contributed by atoms with Gasteiger partial charge in [-0.15, -0.1) is 0 Å². The number of carbonyl (C=O) groups is 1. The summed E-state index contributed by atoms with van der Waals surface area (Å²) in [4.78, 5) is 26.1. The molecule has 0 unspecified atom stereocenters. The minimum absolute atomic E-state index is 0.0181. The van der Waals surface area contributed by atoms with Gasteiger partial charge in [-0.25, -0.2) is 9.79 Å². The van der Waals surface area contributed by atoms with Gasteiger partial charge in [0, 0.05) is 37.1 Å². The number of hydrogen-bond donors (Lipinski definition) is 0. The second kappa shape index (κ2) is 6.33. The highest BCUT2D eigenvalue weighted by atomic mass is 16.6. The lowest BCUT2D eigenvalue weighted by atomic mass is 10.2. The summed E-state index contributed by atoms with van der Waals surface area (Å²) in [6, 6.07) is 9.75. The van der Waals surface area contributed by atoms with Gasteiger partial charge in [-0.2, -0.15) is 0 Å². The molecule has 1 aromatic carbocycles. The third kappa shape index (κ3) is 3.30. The average molecular weight is 323 g/mol. The first-order valence-corrected chi connectivity index (χ1v) is 7.09. The zero-order valence-electron chi connectivity index (χ0n) is 12.7. The molecule has 3 rings (SSSR count). The van der Waals surface area contributed by atoms with Crippen LogP contribution in [0.5, 0.6) is 0 Å². The van der Waals surface area contributed by atoms with Crippen LogP contribution in [0.3, 0.4) is 0 Å². The van der Waals surface area contributed by atoms with E-state index >= 15 is 0 Å². The summed E-state index contributed by atoms with van der Waals surface area (Å²) < 4.78 is 6.95. The minimum Gasteiger partial charge on any atom is -0.403 e. The Labute approximate surface area is 137 Å². The number of aryl methyl sites for hydroxylation is 1. The van der Waals surface area contributed by atoms with Crippen LogP contribution in [0.4, 0.5) is 5.69 Å². The molecule has 0 saturated heterocycles. The number of nitro groups is 1. The van der Waals surface area contributed by atoms with Gasteiger partial charge in [-0.3, -0.25) is 10.1 Å². The number of ether oxygens (including phenoxy) is 1. The number of aliphatic imine (C=N–C) groups is 1. The fourth-order valence-corrected chi connectivity index (χ4v) is 2.14. The van der Waals surface area contributed by atoms with Crippen LogP contribution in [-0.4, -0.2) is 21.4 Å². The van der Waals surface area contributed by atoms with E-state index in [1.54, 1.807) is 30.4 Å². The fourth-order valence-electron chi connectivity index (χ4n) is 2.14. The van der Waals surface area contributed by atoms with E-state index < -0.39 is 10.9 Å². The fraction of sp³-hybridized carbons (Fsp3) is 0.0588. The van der Waals surface area contributed by atoms with Crippen LogP contribution < -0.4 is 0 Å². The molecule has 0 fully saturated rings. The number of rotatable bonds is 4. The van der Waals surface area contributed by atoms with Gasteiger partial charge in [-0.05, 0) is 42.0 Å². The summed E-state index contributed by atoms with van der Waals surface area (Å²) in [7, 11) is 1.87. The normalized spacial score (nSPS) is 15.8. The number of aromatic nitrogens is 1. The molecule has 0 bridgehead atoms. The third-order valence-corrected chi connectivity index (χ3v) is 3.43. The Balaban J connectivity index is 1.77. The Morgan fingerprint density at radius 2 is 1.96 bits per heavy atom. The summed E-state index contributed by atoms with van der Waals surface area (Å²) >= 11 is 0. The summed E-state index contributed by atoms with van der Waals surface area (Å²) in [5.74, 6) is -0.335. The molecule has 0 spiro atoms. The molecule has 7 heteroatoms. The first kappa shape index (κ1) is 15.4. The van der Waals surface area contributed by atoms with E-state index in [9.17, 15) is 14.9 Å². The summed E-state index contributed by atoms with van der Waals surface area (Å²) in [5.41, 5.74) is 1.82. The topological polar surface area (TPSA) is 86.7 Å². The number of nitro benzene ring substituents is 1. The zero-order valence-corrected chi connectivity index (χ0v) is 12.7. The minimum atomic E-state index is -0.514. The van der Waals surface area contributed by atoms with Crippen LogP contribution in [0.25, 0.3) is 12.2 Å². The molecule has 0 saturated carbocycles. The van der Waals surface area contributed by atoms with Crippen molar-refractivity contribution in [2.45, 2.75) is 0 Å². The predicted octanol–water partition coefficient (Wildman–Crippen LogP) is 2.94. The molecule has 0 radical (unpaired) electrons. The molecule has 0 atom stereocenters. The molecule has 2 heterocycles. The average Bonchev–Trinajstić information content (AvgIpc) is 3.12. The second-order valence-electron chi connectivity index (χ2n) is 5.10. The smallest absolute Gasteiger partial charge is 0.363 e. The van der Waals surface area contributed by atoms with Crippen LogP contribution >= 0.6 is 0 Å². The van der Waals surface area contributed by atoms with E-state index in [2.05, 4.69) is 4.99 Å². The first-order chi connectivity index (χ1) is 11.5. The van der Waals surface area contributed by atoms with E-state index in [1.807, 2.05) is 29.9 Å². The van der Waals surface area contributed by atoms with Crippen LogP contribution in [-0.2, 0) is 16.6 Å². The number of cyclic esters (lactones) is 1. The van der Waals surface area contributed by atoms with Crippen LogP contribution in [0.2, 0.25) is 0 Å². The molecular weight excluding hydrogens is 310 g/mol. The van der Waals surface area contributed by atoms with Crippen molar-refractivity contribution in [3.8, 4) is 0 Å².